The Morgan fingerprint density at radius 3 is 0.958 bits per heavy atom. The van der Waals surface area contributed by atoms with Gasteiger partial charge in [-0.25, -0.2) is 19.9 Å². The summed E-state index contributed by atoms with van der Waals surface area (Å²) in [5.41, 5.74) is 12.2. The molecule has 2 aromatic carbocycles. The van der Waals surface area contributed by atoms with E-state index in [1.807, 2.05) is 121 Å². The fourth-order valence-corrected chi connectivity index (χ4v) is 5.66. The first-order valence-corrected chi connectivity index (χ1v) is 15.7. The van der Waals surface area contributed by atoms with Crippen molar-refractivity contribution in [3.05, 3.63) is 170 Å². The third-order valence-corrected chi connectivity index (χ3v) is 8.00. The number of rotatable bonds is 7. The Labute approximate surface area is 278 Å². The van der Waals surface area contributed by atoms with Crippen LogP contribution in [0.15, 0.2) is 170 Å². The summed E-state index contributed by atoms with van der Waals surface area (Å²) in [5.74, 6) is 0. The second kappa shape index (κ2) is 13.0. The molecule has 0 spiro atoms. The van der Waals surface area contributed by atoms with Gasteiger partial charge in [0.2, 0.25) is 0 Å². The molecule has 0 radical (unpaired) electrons. The minimum atomic E-state index is 0.775. The van der Waals surface area contributed by atoms with Crippen molar-refractivity contribution in [2.75, 3.05) is 0 Å². The normalized spacial score (nSPS) is 10.9. The van der Waals surface area contributed by atoms with Gasteiger partial charge in [-0.2, -0.15) is 0 Å². The average Bonchev–Trinajstić information content (AvgIpc) is 3.19. The predicted octanol–water partition coefficient (Wildman–Crippen LogP) is 9.73. The minimum absolute atomic E-state index is 0.775. The molecule has 0 saturated heterocycles. The predicted molar refractivity (Wildman–Crippen MR) is 191 cm³/mol. The smallest absolute Gasteiger partial charge is 0.0894 e. The van der Waals surface area contributed by atoms with Crippen LogP contribution in [-0.4, -0.2) is 29.9 Å². The molecule has 0 fully saturated rings. The van der Waals surface area contributed by atoms with Gasteiger partial charge in [-0.3, -0.25) is 9.97 Å². The van der Waals surface area contributed by atoms with E-state index in [9.17, 15) is 0 Å². The fourth-order valence-electron chi connectivity index (χ4n) is 5.66. The van der Waals surface area contributed by atoms with Crippen LogP contribution in [0, 0.1) is 0 Å². The molecule has 48 heavy (non-hydrogen) atoms. The van der Waals surface area contributed by atoms with Crippen molar-refractivity contribution in [2.24, 2.45) is 0 Å². The molecule has 8 aromatic rings. The van der Waals surface area contributed by atoms with E-state index in [4.69, 9.17) is 19.9 Å². The van der Waals surface area contributed by atoms with Crippen LogP contribution in [0.5, 0.6) is 0 Å². The summed E-state index contributed by atoms with van der Waals surface area (Å²) in [6.45, 7) is 0. The Morgan fingerprint density at radius 2 is 0.542 bits per heavy atom. The Hall–Kier alpha value is -6.66. The molecule has 0 aliphatic rings. The summed E-state index contributed by atoms with van der Waals surface area (Å²) in [4.78, 5) is 29.1. The van der Waals surface area contributed by atoms with Crippen molar-refractivity contribution in [1.82, 2.24) is 29.9 Å². The number of benzene rings is 2. The number of aromatic nitrogens is 6. The fraction of sp³-hybridized carbons (Fsp3) is 0. The molecule has 6 heterocycles. The van der Waals surface area contributed by atoms with Crippen molar-refractivity contribution in [3.63, 3.8) is 0 Å². The highest BCUT2D eigenvalue weighted by atomic mass is 14.8. The molecule has 0 aliphatic carbocycles. The molecular formula is C42H28N6. The topological polar surface area (TPSA) is 77.3 Å². The summed E-state index contributed by atoms with van der Waals surface area (Å²) in [5, 5.41) is 0. The molecule has 0 unspecified atom stereocenters. The monoisotopic (exact) mass is 616 g/mol. The van der Waals surface area contributed by atoms with Crippen molar-refractivity contribution in [2.45, 2.75) is 0 Å². The number of pyridine rings is 6. The van der Waals surface area contributed by atoms with Crippen LogP contribution in [0.2, 0.25) is 0 Å². The lowest BCUT2D eigenvalue weighted by molar-refractivity contribution is 1.22. The van der Waals surface area contributed by atoms with Gasteiger partial charge in [0, 0.05) is 34.6 Å². The van der Waals surface area contributed by atoms with E-state index < -0.39 is 0 Å². The molecule has 0 saturated carbocycles. The summed E-state index contributed by atoms with van der Waals surface area (Å²) < 4.78 is 0. The number of nitrogens with zero attached hydrogens (tertiary/aromatic N) is 6. The summed E-state index contributed by atoms with van der Waals surface area (Å²) in [7, 11) is 0. The zero-order valence-corrected chi connectivity index (χ0v) is 25.8. The molecule has 0 aliphatic heterocycles. The lowest BCUT2D eigenvalue weighted by Gasteiger charge is -2.12. The number of hydrogen-bond acceptors (Lipinski definition) is 6. The van der Waals surface area contributed by atoms with E-state index in [1.165, 1.54) is 0 Å². The van der Waals surface area contributed by atoms with Gasteiger partial charge in [0.25, 0.3) is 0 Å². The highest BCUT2D eigenvalue weighted by Crippen LogP contribution is 2.33. The molecular weight excluding hydrogens is 589 g/mol. The lowest BCUT2D eigenvalue weighted by atomic mass is 9.98. The quantitative estimate of drug-likeness (QED) is 0.177. The van der Waals surface area contributed by atoms with E-state index in [-0.39, 0.29) is 0 Å². The number of hydrogen-bond donors (Lipinski definition) is 0. The van der Waals surface area contributed by atoms with Gasteiger partial charge in [-0.15, -0.1) is 0 Å². The molecule has 0 amide bonds. The summed E-state index contributed by atoms with van der Waals surface area (Å²) in [6.07, 6.45) is 3.56. The maximum absolute atomic E-state index is 5.11. The molecule has 6 aromatic heterocycles. The first kappa shape index (κ1) is 28.8. The van der Waals surface area contributed by atoms with Crippen LogP contribution in [0.3, 0.4) is 0 Å². The van der Waals surface area contributed by atoms with Crippen molar-refractivity contribution < 1.29 is 0 Å². The van der Waals surface area contributed by atoms with Crippen LogP contribution in [0.4, 0.5) is 0 Å². The molecule has 0 bridgehead atoms. The third kappa shape index (κ3) is 6.10. The van der Waals surface area contributed by atoms with Crippen LogP contribution in [0.25, 0.3) is 79.2 Å². The molecule has 0 atom stereocenters. The van der Waals surface area contributed by atoms with Gasteiger partial charge in [-0.05, 0) is 91.0 Å². The Bertz CT molecular complexity index is 2240. The first-order valence-electron chi connectivity index (χ1n) is 15.7. The zero-order valence-electron chi connectivity index (χ0n) is 25.8. The molecule has 6 heteroatoms. The average molecular weight is 617 g/mol. The summed E-state index contributed by atoms with van der Waals surface area (Å²) in [6, 6.07) is 52.5. The van der Waals surface area contributed by atoms with E-state index in [0.717, 1.165) is 79.2 Å². The first-order chi connectivity index (χ1) is 23.8. The van der Waals surface area contributed by atoms with Gasteiger partial charge >= 0.3 is 0 Å². The minimum Gasteiger partial charge on any atom is -0.255 e. The SMILES string of the molecule is c1ccc(-c2cccc(-c3cc(-c4cccc(-c5ccccn5)n4)cc(-c4cccc(-c5cccc(-c6ccccn6)n5)n4)c3)n2)cc1. The highest BCUT2D eigenvalue weighted by Gasteiger charge is 2.13. The van der Waals surface area contributed by atoms with Gasteiger partial charge in [-0.1, -0.05) is 66.7 Å². The Kier molecular flexibility index (Phi) is 7.79. The van der Waals surface area contributed by atoms with Crippen LogP contribution in [0.1, 0.15) is 0 Å². The van der Waals surface area contributed by atoms with Crippen LogP contribution in [-0.2, 0) is 0 Å². The van der Waals surface area contributed by atoms with Crippen molar-refractivity contribution in [1.29, 1.82) is 0 Å². The Balaban J connectivity index is 1.25. The molecule has 6 nitrogen and oxygen atoms in total. The highest BCUT2D eigenvalue weighted by molar-refractivity contribution is 5.80. The molecule has 8 rings (SSSR count). The molecule has 226 valence electrons. The maximum Gasteiger partial charge on any atom is 0.0894 e. The second-order valence-electron chi connectivity index (χ2n) is 11.2. The third-order valence-electron chi connectivity index (χ3n) is 8.00. The zero-order chi connectivity index (χ0) is 32.1. The van der Waals surface area contributed by atoms with Crippen LogP contribution < -0.4 is 0 Å². The standard InChI is InChI=1S/C42H28N6/c1-2-12-29(13-3-1)33-16-8-17-34(45-33)30-26-31(35-18-9-20-39(46-35)37-14-4-6-24-43-37)28-32(27-30)36-19-10-22-41(47-36)42-23-11-21-40(48-42)38-15-5-7-25-44-38/h1-28H. The molecule has 0 N–H and O–H groups in total. The van der Waals surface area contributed by atoms with E-state index >= 15 is 0 Å². The second-order valence-corrected chi connectivity index (χ2v) is 11.2. The van der Waals surface area contributed by atoms with Crippen LogP contribution >= 0.6 is 0 Å². The van der Waals surface area contributed by atoms with Crippen molar-refractivity contribution in [3.8, 4) is 79.2 Å². The van der Waals surface area contributed by atoms with E-state index in [0.29, 0.717) is 0 Å². The van der Waals surface area contributed by atoms with Crippen molar-refractivity contribution >= 4 is 0 Å². The maximum atomic E-state index is 5.11. The van der Waals surface area contributed by atoms with Gasteiger partial charge in [0.05, 0.1) is 56.9 Å². The van der Waals surface area contributed by atoms with Gasteiger partial charge in [0.15, 0.2) is 0 Å². The Morgan fingerprint density at radius 1 is 0.229 bits per heavy atom. The lowest BCUT2D eigenvalue weighted by Crippen LogP contribution is -1.95. The summed E-state index contributed by atoms with van der Waals surface area (Å²) >= 11 is 0. The van der Waals surface area contributed by atoms with Gasteiger partial charge < -0.3 is 0 Å². The van der Waals surface area contributed by atoms with Gasteiger partial charge in [0.1, 0.15) is 0 Å². The largest absolute Gasteiger partial charge is 0.255 e. The van der Waals surface area contributed by atoms with E-state index in [1.54, 1.807) is 12.4 Å². The van der Waals surface area contributed by atoms with E-state index in [2.05, 4.69) is 46.4 Å².